The van der Waals surface area contributed by atoms with Gasteiger partial charge in [-0.05, 0) is 75.1 Å². The third-order valence-corrected chi connectivity index (χ3v) is 14.5. The number of amides is 4. The maximum Gasteiger partial charge on any atom is 0.573 e. The fraction of sp³-hybridized carbons (Fsp3) is 0.450. The number of para-hydroxylation sites is 1. The van der Waals surface area contributed by atoms with E-state index in [9.17, 15) is 40.8 Å². The van der Waals surface area contributed by atoms with Crippen molar-refractivity contribution in [2.75, 3.05) is 6.54 Å². The van der Waals surface area contributed by atoms with Crippen LogP contribution in [0.15, 0.2) is 66.3 Å². The summed E-state index contributed by atoms with van der Waals surface area (Å²) in [6.07, 6.45) is 2.78. The van der Waals surface area contributed by atoms with Crippen LogP contribution in [-0.2, 0) is 24.4 Å². The second-order valence-corrected chi connectivity index (χ2v) is 18.9. The molecule has 3 N–H and O–H groups in total. The third-order valence-electron chi connectivity index (χ3n) is 11.6. The lowest BCUT2D eigenvalue weighted by molar-refractivity contribution is -0.274. The van der Waals surface area contributed by atoms with Crippen LogP contribution in [0, 0.1) is 5.92 Å². The van der Waals surface area contributed by atoms with Crippen molar-refractivity contribution in [3.8, 4) is 11.6 Å². The standard InChI is InChI=1S/C40H41F3N6O8S2/c1-38(15-16-38)59(54,55)48-37(53)39-19-23(39)9-5-3-2-4-6-12-30(45-34(51)32-20-44-22-58-32)36(52)49-21-25(18-31(49)33(50)47-39)56-35-28-17-24(57-40(41,42)43)13-14-26(28)27-10-7-8-11-29(27)46-35/h5,7-11,13-14,17,20,22-23,25,30-31H,2-4,6,12,15-16,18-19,21H2,1H3,(H,45,51)(H,47,50)(H,48,53)/b9-5-/t23-,25-,30+,31+,39-/m1/s1. The van der Waals surface area contributed by atoms with E-state index in [1.54, 1.807) is 37.3 Å². The molecule has 0 bridgehead atoms. The third kappa shape index (κ3) is 8.31. The van der Waals surface area contributed by atoms with Gasteiger partial charge in [0, 0.05) is 23.1 Å². The van der Waals surface area contributed by atoms with Crippen molar-refractivity contribution in [3.63, 3.8) is 0 Å². The van der Waals surface area contributed by atoms with Crippen molar-refractivity contribution in [2.45, 2.75) is 99.5 Å². The van der Waals surface area contributed by atoms with Crippen LogP contribution in [0.2, 0.25) is 0 Å². The van der Waals surface area contributed by atoms with E-state index in [0.29, 0.717) is 48.4 Å². The highest BCUT2D eigenvalue weighted by molar-refractivity contribution is 7.91. The number of rotatable bonds is 8. The number of carbonyl (C=O) groups excluding carboxylic acids is 4. The van der Waals surface area contributed by atoms with Crippen molar-refractivity contribution in [3.05, 3.63) is 71.2 Å². The minimum absolute atomic E-state index is 0.0657. The number of pyridine rings is 1. The van der Waals surface area contributed by atoms with Crippen molar-refractivity contribution >= 4 is 66.7 Å². The number of hydrogen-bond acceptors (Lipinski definition) is 11. The Balaban J connectivity index is 1.14. The van der Waals surface area contributed by atoms with Gasteiger partial charge in [-0.15, -0.1) is 24.5 Å². The Kier molecular flexibility index (Phi) is 10.6. The number of alkyl halides is 3. The molecular formula is C40H41F3N6O8S2. The molecule has 4 aromatic rings. The van der Waals surface area contributed by atoms with E-state index in [1.807, 2.05) is 6.08 Å². The smallest absolute Gasteiger partial charge is 0.472 e. The molecule has 59 heavy (non-hydrogen) atoms. The van der Waals surface area contributed by atoms with Gasteiger partial charge < -0.3 is 25.0 Å². The van der Waals surface area contributed by atoms with Crippen molar-refractivity contribution in [1.82, 2.24) is 30.2 Å². The van der Waals surface area contributed by atoms with E-state index >= 15 is 0 Å². The van der Waals surface area contributed by atoms with E-state index in [-0.39, 0.29) is 42.0 Å². The lowest BCUT2D eigenvalue weighted by Gasteiger charge is -2.30. The van der Waals surface area contributed by atoms with Gasteiger partial charge >= 0.3 is 6.36 Å². The van der Waals surface area contributed by atoms with E-state index < -0.39 is 80.2 Å². The molecule has 3 fully saturated rings. The maximum atomic E-state index is 14.6. The highest BCUT2D eigenvalue weighted by Crippen LogP contribution is 2.48. The summed E-state index contributed by atoms with van der Waals surface area (Å²) in [5.41, 5.74) is 0.340. The number of sulfonamides is 1. The van der Waals surface area contributed by atoms with E-state index in [2.05, 4.69) is 30.1 Å². The lowest BCUT2D eigenvalue weighted by atomic mass is 10.0. The summed E-state index contributed by atoms with van der Waals surface area (Å²) in [7, 11) is -4.07. The number of ether oxygens (including phenoxy) is 2. The highest BCUT2D eigenvalue weighted by atomic mass is 32.2. The quantitative estimate of drug-likeness (QED) is 0.156. The molecule has 2 aromatic heterocycles. The van der Waals surface area contributed by atoms with Crippen LogP contribution >= 0.6 is 11.3 Å². The van der Waals surface area contributed by atoms with E-state index in [4.69, 9.17) is 4.74 Å². The Morgan fingerprint density at radius 1 is 1.05 bits per heavy atom. The lowest BCUT2D eigenvalue weighted by Crippen LogP contribution is -2.58. The second-order valence-electron chi connectivity index (χ2n) is 15.8. The summed E-state index contributed by atoms with van der Waals surface area (Å²) in [4.78, 5) is 66.5. The topological polar surface area (TPSA) is 186 Å². The molecule has 2 aliphatic carbocycles. The summed E-state index contributed by atoms with van der Waals surface area (Å²) in [5.74, 6) is -3.83. The number of hydrogen-bond donors (Lipinski definition) is 3. The first-order valence-corrected chi connectivity index (χ1v) is 21.7. The van der Waals surface area contributed by atoms with Crippen LogP contribution in [0.25, 0.3) is 21.7 Å². The number of fused-ring (bicyclic) bond motifs is 5. The molecule has 14 nitrogen and oxygen atoms in total. The van der Waals surface area contributed by atoms with Crippen LogP contribution in [0.1, 0.15) is 74.4 Å². The maximum absolute atomic E-state index is 14.6. The van der Waals surface area contributed by atoms with Crippen LogP contribution in [0.4, 0.5) is 13.2 Å². The van der Waals surface area contributed by atoms with Gasteiger partial charge in [0.05, 0.1) is 28.5 Å². The predicted molar refractivity (Wildman–Crippen MR) is 210 cm³/mol. The van der Waals surface area contributed by atoms with Gasteiger partial charge in [-0.3, -0.25) is 28.9 Å². The van der Waals surface area contributed by atoms with Crippen LogP contribution in [0.3, 0.4) is 0 Å². The molecule has 0 radical (unpaired) electrons. The van der Waals surface area contributed by atoms with Crippen LogP contribution in [-0.4, -0.2) is 88.3 Å². The summed E-state index contributed by atoms with van der Waals surface area (Å²) in [5, 5.41) is 6.98. The van der Waals surface area contributed by atoms with Crippen LogP contribution < -0.4 is 24.8 Å². The molecule has 4 aliphatic rings. The molecule has 4 amide bonds. The Labute approximate surface area is 341 Å². The number of nitrogens with one attached hydrogen (secondary N) is 3. The first kappa shape index (κ1) is 40.5. The van der Waals surface area contributed by atoms with Gasteiger partial charge in [-0.1, -0.05) is 43.2 Å². The number of halogens is 3. The highest BCUT2D eigenvalue weighted by Gasteiger charge is 2.63. The summed E-state index contributed by atoms with van der Waals surface area (Å²) in [6, 6.07) is 8.44. The van der Waals surface area contributed by atoms with E-state index in [1.165, 1.54) is 28.7 Å². The Morgan fingerprint density at radius 2 is 1.85 bits per heavy atom. The molecule has 2 aliphatic heterocycles. The fourth-order valence-electron chi connectivity index (χ4n) is 7.85. The SMILES string of the molecule is CC1(S(=O)(=O)NC(=O)[C@@]23C[C@H]2/C=C\CCCCC[C@H](NC(=O)c2cncs2)C(=O)N2C[C@H](Oc4nc5ccccc5c5ccc(OC(F)(F)F)cc45)C[C@H]2C(=O)N3)CC1. The number of carbonyl (C=O) groups is 4. The van der Waals surface area contributed by atoms with E-state index in [0.717, 1.165) is 23.8 Å². The molecule has 0 spiro atoms. The molecule has 0 unspecified atom stereocenters. The second kappa shape index (κ2) is 15.4. The zero-order valence-corrected chi connectivity index (χ0v) is 33.4. The molecule has 8 rings (SSSR count). The molecule has 2 aromatic carbocycles. The van der Waals surface area contributed by atoms with Gasteiger partial charge in [-0.25, -0.2) is 13.4 Å². The minimum Gasteiger partial charge on any atom is -0.472 e. The minimum atomic E-state index is -4.97. The summed E-state index contributed by atoms with van der Waals surface area (Å²) >= 11 is 1.10. The first-order chi connectivity index (χ1) is 28.1. The zero-order valence-electron chi connectivity index (χ0n) is 31.8. The number of allylic oxidation sites excluding steroid dienone is 1. The number of aromatic nitrogens is 2. The molecule has 5 atom stereocenters. The average molecular weight is 855 g/mol. The van der Waals surface area contributed by atoms with Crippen LogP contribution in [0.5, 0.6) is 11.6 Å². The van der Waals surface area contributed by atoms with Gasteiger partial charge in [0.25, 0.3) is 11.8 Å². The van der Waals surface area contributed by atoms with Gasteiger partial charge in [0.15, 0.2) is 0 Å². The van der Waals surface area contributed by atoms with Gasteiger partial charge in [0.1, 0.15) is 34.4 Å². The number of benzene rings is 2. The largest absolute Gasteiger partial charge is 0.573 e. The van der Waals surface area contributed by atoms with Crippen molar-refractivity contribution in [2.24, 2.45) is 5.92 Å². The summed E-state index contributed by atoms with van der Waals surface area (Å²) in [6.45, 7) is 1.34. The molecule has 19 heteroatoms. The molecular weight excluding hydrogens is 814 g/mol. The Bertz CT molecular complexity index is 2460. The normalized spacial score (nSPS) is 26.4. The summed E-state index contributed by atoms with van der Waals surface area (Å²) < 4.78 is 78.1. The van der Waals surface area contributed by atoms with Crippen molar-refractivity contribution < 1.29 is 50.2 Å². The predicted octanol–water partition coefficient (Wildman–Crippen LogP) is 5.28. The van der Waals surface area contributed by atoms with Gasteiger partial charge in [0.2, 0.25) is 27.7 Å². The van der Waals surface area contributed by atoms with Crippen molar-refractivity contribution in [1.29, 1.82) is 0 Å². The average Bonchev–Trinajstić information content (AvgIpc) is 3.93. The zero-order chi connectivity index (χ0) is 41.7. The molecule has 4 heterocycles. The molecule has 312 valence electrons. The molecule has 2 saturated carbocycles. The fourth-order valence-corrected chi connectivity index (χ4v) is 9.69. The number of nitrogens with zero attached hydrogens (tertiary/aromatic N) is 3. The Hall–Kier alpha value is -5.30. The monoisotopic (exact) mass is 854 g/mol. The Morgan fingerprint density at radius 3 is 2.59 bits per heavy atom. The first-order valence-electron chi connectivity index (χ1n) is 19.4. The molecule has 1 saturated heterocycles. The number of thiazole rings is 1. The van der Waals surface area contributed by atoms with Gasteiger partial charge in [-0.2, -0.15) is 0 Å².